The number of benzene rings is 2. The number of carbonyl (C=O) groups is 1. The van der Waals surface area contributed by atoms with Crippen molar-refractivity contribution in [3.05, 3.63) is 102 Å². The number of rotatable bonds is 9. The van der Waals surface area contributed by atoms with Crippen LogP contribution in [0.15, 0.2) is 72.9 Å². The Morgan fingerprint density at radius 2 is 1.53 bits per heavy atom. The van der Waals surface area contributed by atoms with Gasteiger partial charge >= 0.3 is 0 Å². The summed E-state index contributed by atoms with van der Waals surface area (Å²) < 4.78 is 33.6. The van der Waals surface area contributed by atoms with Crippen molar-refractivity contribution < 1.29 is 18.3 Å². The first-order valence-corrected chi connectivity index (χ1v) is 15.4. The number of hydrogen-bond donors (Lipinski definition) is 2. The lowest BCUT2D eigenvalue weighted by atomic mass is 10.0. The molecule has 2 atom stereocenters. The Bertz CT molecular complexity index is 1600. The Morgan fingerprint density at radius 1 is 0.889 bits per heavy atom. The van der Waals surface area contributed by atoms with Crippen molar-refractivity contribution in [2.45, 2.75) is 44.6 Å². The molecule has 2 aliphatic rings. The van der Waals surface area contributed by atoms with Crippen LogP contribution in [0, 0.1) is 11.9 Å². The monoisotopic (exact) mass is 612 g/mol. The highest BCUT2D eigenvalue weighted by atomic mass is 19.1. The second-order valence-electron chi connectivity index (χ2n) is 12.0. The van der Waals surface area contributed by atoms with Crippen LogP contribution in [0.1, 0.15) is 40.7 Å². The fourth-order valence-corrected chi connectivity index (χ4v) is 6.05. The zero-order chi connectivity index (χ0) is 31.3. The third-order valence-electron chi connectivity index (χ3n) is 8.74. The molecule has 3 heterocycles. The van der Waals surface area contributed by atoms with E-state index in [1.165, 1.54) is 23.4 Å². The summed E-state index contributed by atoms with van der Waals surface area (Å²) in [5.74, 6) is -2.29. The van der Waals surface area contributed by atoms with Gasteiger partial charge in [0.1, 0.15) is 5.82 Å². The number of pyridine rings is 2. The Hall–Kier alpha value is -4.25. The Labute approximate surface area is 262 Å². The number of likely N-dealkylation sites (N-methyl/N-ethyl adjacent to an activating group) is 1. The summed E-state index contributed by atoms with van der Waals surface area (Å²) in [5.41, 5.74) is 11.4. The normalized spacial score (nSPS) is 19.1. The van der Waals surface area contributed by atoms with Gasteiger partial charge in [-0.05, 0) is 60.2 Å². The third-order valence-corrected chi connectivity index (χ3v) is 8.74. The van der Waals surface area contributed by atoms with Crippen LogP contribution >= 0.6 is 0 Å². The van der Waals surface area contributed by atoms with E-state index < -0.39 is 17.8 Å². The van der Waals surface area contributed by atoms with Crippen molar-refractivity contribution in [1.29, 1.82) is 0 Å². The number of halogens is 2. The summed E-state index contributed by atoms with van der Waals surface area (Å²) >= 11 is 0. The molecule has 1 aliphatic carbocycles. The minimum Gasteiger partial charge on any atom is -0.383 e. The van der Waals surface area contributed by atoms with Gasteiger partial charge < -0.3 is 20.7 Å². The van der Waals surface area contributed by atoms with Gasteiger partial charge in [0.2, 0.25) is 11.9 Å². The van der Waals surface area contributed by atoms with Crippen molar-refractivity contribution in [2.75, 3.05) is 39.0 Å². The first-order valence-electron chi connectivity index (χ1n) is 15.4. The molecular formula is C35H38F2N6O2. The second kappa shape index (κ2) is 13.8. The first kappa shape index (κ1) is 30.8. The number of ether oxygens (including phenoxy) is 1. The largest absolute Gasteiger partial charge is 0.383 e. The number of aromatic nitrogens is 2. The van der Waals surface area contributed by atoms with E-state index in [1.807, 2.05) is 0 Å². The highest BCUT2D eigenvalue weighted by Crippen LogP contribution is 2.27. The van der Waals surface area contributed by atoms with Gasteiger partial charge in [-0.15, -0.1) is 0 Å². The molecule has 0 bridgehead atoms. The highest BCUT2D eigenvalue weighted by Gasteiger charge is 2.30. The lowest BCUT2D eigenvalue weighted by molar-refractivity contribution is 0.0272. The third kappa shape index (κ3) is 7.70. The Kier molecular flexibility index (Phi) is 9.44. The molecule has 1 saturated carbocycles. The minimum atomic E-state index is -0.959. The van der Waals surface area contributed by atoms with Crippen molar-refractivity contribution in [3.63, 3.8) is 0 Å². The predicted octanol–water partition coefficient (Wildman–Crippen LogP) is 5.29. The van der Waals surface area contributed by atoms with Gasteiger partial charge in [0.15, 0.2) is 0 Å². The maximum Gasteiger partial charge on any atom is 0.255 e. The number of carbonyl (C=O) groups excluding carboxylic acids is 1. The van der Waals surface area contributed by atoms with Crippen molar-refractivity contribution >= 4 is 11.7 Å². The molecular weight excluding hydrogens is 574 g/mol. The number of anilines is 1. The van der Waals surface area contributed by atoms with Crippen LogP contribution in [-0.2, 0) is 17.9 Å². The molecule has 0 radical (unpaired) electrons. The number of nitrogens with zero attached hydrogens (tertiary/aromatic N) is 4. The zero-order valence-corrected chi connectivity index (χ0v) is 25.4. The van der Waals surface area contributed by atoms with Gasteiger partial charge in [-0.3, -0.25) is 9.69 Å². The van der Waals surface area contributed by atoms with Gasteiger partial charge in [-0.2, -0.15) is 13.8 Å². The number of nitrogens with two attached hydrogens (primary N) is 1. The number of piperazine rings is 1. The smallest absolute Gasteiger partial charge is 0.255 e. The van der Waals surface area contributed by atoms with E-state index in [2.05, 4.69) is 80.7 Å². The Morgan fingerprint density at radius 3 is 2.20 bits per heavy atom. The molecule has 2 aromatic carbocycles. The molecule has 234 valence electrons. The van der Waals surface area contributed by atoms with E-state index in [9.17, 15) is 13.6 Å². The zero-order valence-electron chi connectivity index (χ0n) is 25.4. The number of amides is 1. The van der Waals surface area contributed by atoms with Crippen LogP contribution in [-0.4, -0.2) is 71.0 Å². The van der Waals surface area contributed by atoms with Crippen LogP contribution < -0.4 is 11.1 Å². The summed E-state index contributed by atoms with van der Waals surface area (Å²) in [6.45, 7) is 5.86. The Balaban J connectivity index is 1.03. The number of nitrogen functional groups attached to an aromatic ring is 1. The summed E-state index contributed by atoms with van der Waals surface area (Å²) in [6, 6.07) is 20.7. The molecule has 0 spiro atoms. The van der Waals surface area contributed by atoms with E-state index in [1.54, 1.807) is 0 Å². The van der Waals surface area contributed by atoms with E-state index in [0.29, 0.717) is 12.2 Å². The fourth-order valence-electron chi connectivity index (χ4n) is 6.05. The molecule has 6 rings (SSSR count). The van der Waals surface area contributed by atoms with Crippen LogP contribution in [0.2, 0.25) is 0 Å². The van der Waals surface area contributed by atoms with Crippen LogP contribution in [0.5, 0.6) is 0 Å². The lowest BCUT2D eigenvalue weighted by Gasteiger charge is -2.32. The van der Waals surface area contributed by atoms with Gasteiger partial charge in [0, 0.05) is 56.6 Å². The molecule has 10 heteroatoms. The quantitative estimate of drug-likeness (QED) is 0.248. The molecule has 45 heavy (non-hydrogen) atoms. The molecule has 3 N–H and O–H groups in total. The molecule has 2 aromatic heterocycles. The molecule has 4 aromatic rings. The number of hydrogen-bond acceptors (Lipinski definition) is 7. The van der Waals surface area contributed by atoms with Gasteiger partial charge in [-0.25, -0.2) is 4.98 Å². The average Bonchev–Trinajstić information content (AvgIpc) is 3.48. The van der Waals surface area contributed by atoms with E-state index in [0.717, 1.165) is 75.2 Å². The molecule has 1 amide bonds. The summed E-state index contributed by atoms with van der Waals surface area (Å²) in [7, 11) is 2.18. The summed E-state index contributed by atoms with van der Waals surface area (Å²) in [5, 5.41) is 3.04. The maximum atomic E-state index is 13.7. The fraction of sp³-hybridized carbons (Fsp3) is 0.343. The topological polar surface area (TPSA) is 96.6 Å². The van der Waals surface area contributed by atoms with E-state index in [-0.39, 0.29) is 29.1 Å². The molecule has 0 unspecified atom stereocenters. The van der Waals surface area contributed by atoms with Crippen LogP contribution in [0.3, 0.4) is 0 Å². The second-order valence-corrected chi connectivity index (χ2v) is 12.0. The highest BCUT2D eigenvalue weighted by molar-refractivity contribution is 5.99. The SMILES string of the molecule is CN1CCN(Cc2ccc(-c3ccc(CO[C@H]4CCC[C@@H]4NC(=O)c4cc(-c5cc(F)nc(F)c5)cnc4N)cc3)cc2)CC1. The molecule has 2 fully saturated rings. The van der Waals surface area contributed by atoms with E-state index in [4.69, 9.17) is 10.5 Å². The van der Waals surface area contributed by atoms with Crippen LogP contribution in [0.4, 0.5) is 14.6 Å². The van der Waals surface area contributed by atoms with Gasteiger partial charge in [0.05, 0.1) is 24.3 Å². The van der Waals surface area contributed by atoms with Crippen molar-refractivity contribution in [1.82, 2.24) is 25.1 Å². The summed E-state index contributed by atoms with van der Waals surface area (Å²) in [6.07, 6.45) is 3.74. The molecule has 1 saturated heterocycles. The van der Waals surface area contributed by atoms with Gasteiger partial charge in [-0.1, -0.05) is 48.5 Å². The van der Waals surface area contributed by atoms with Crippen molar-refractivity contribution in [2.24, 2.45) is 0 Å². The lowest BCUT2D eigenvalue weighted by Crippen LogP contribution is -2.43. The maximum absolute atomic E-state index is 13.7. The minimum absolute atomic E-state index is 0.0338. The average molecular weight is 613 g/mol. The number of nitrogens with one attached hydrogen (secondary N) is 1. The molecule has 8 nitrogen and oxygen atoms in total. The standard InChI is InChI=1S/C35H38F2N6O2/c1-42-13-15-43(16-14-42)21-23-5-9-25(10-6-23)26-11-7-24(8-12-26)22-45-31-4-2-3-30(31)40-35(44)29-17-28(20-39-34(29)38)27-18-32(36)41-33(37)19-27/h5-12,17-20,30-31H,2-4,13-16,21-22H2,1H3,(H2,38,39)(H,40,44)/t30-,31-/m0/s1. The van der Waals surface area contributed by atoms with Gasteiger partial charge in [0.25, 0.3) is 5.91 Å². The van der Waals surface area contributed by atoms with Crippen molar-refractivity contribution in [3.8, 4) is 22.3 Å². The van der Waals surface area contributed by atoms with E-state index >= 15 is 0 Å². The molecule has 1 aliphatic heterocycles. The first-order chi connectivity index (χ1) is 21.8. The summed E-state index contributed by atoms with van der Waals surface area (Å²) in [4.78, 5) is 25.3. The predicted molar refractivity (Wildman–Crippen MR) is 170 cm³/mol. The van der Waals surface area contributed by atoms with Crippen LogP contribution in [0.25, 0.3) is 22.3 Å².